The number of piperidine rings is 1. The van der Waals surface area contributed by atoms with Crippen molar-refractivity contribution in [2.24, 2.45) is 17.8 Å². The van der Waals surface area contributed by atoms with Gasteiger partial charge in [0.15, 0.2) is 5.82 Å². The van der Waals surface area contributed by atoms with Gasteiger partial charge in [-0.1, -0.05) is 39.8 Å². The van der Waals surface area contributed by atoms with Crippen molar-refractivity contribution in [2.75, 3.05) is 18.0 Å². The van der Waals surface area contributed by atoms with Gasteiger partial charge >= 0.3 is 6.01 Å². The van der Waals surface area contributed by atoms with E-state index in [9.17, 15) is 0 Å². The predicted molar refractivity (Wildman–Crippen MR) is 81.9 cm³/mol. The Bertz CT molecular complexity index is 406. The first-order valence-corrected chi connectivity index (χ1v) is 8.06. The summed E-state index contributed by atoms with van der Waals surface area (Å²) in [5.74, 6) is 3.61. The monoisotopic (exact) mass is 279 g/mol. The Morgan fingerprint density at radius 3 is 2.30 bits per heavy atom. The second-order valence-corrected chi connectivity index (χ2v) is 6.98. The average molecular weight is 279 g/mol. The molecule has 0 saturated carbocycles. The fraction of sp³-hybridized carbons (Fsp3) is 0.875. The van der Waals surface area contributed by atoms with Crippen molar-refractivity contribution in [3.63, 3.8) is 0 Å². The van der Waals surface area contributed by atoms with E-state index in [1.54, 1.807) is 0 Å². The highest BCUT2D eigenvalue weighted by atomic mass is 16.5. The molecule has 1 atom stereocenters. The van der Waals surface area contributed by atoms with Gasteiger partial charge in [0.25, 0.3) is 0 Å². The van der Waals surface area contributed by atoms with Crippen LogP contribution < -0.4 is 4.90 Å². The highest BCUT2D eigenvalue weighted by Crippen LogP contribution is 2.29. The number of hydrogen-bond donors (Lipinski definition) is 0. The van der Waals surface area contributed by atoms with Gasteiger partial charge in [0.05, 0.1) is 0 Å². The van der Waals surface area contributed by atoms with Crippen LogP contribution in [0.5, 0.6) is 0 Å². The molecule has 0 aromatic carbocycles. The molecule has 1 aromatic rings. The van der Waals surface area contributed by atoms with Gasteiger partial charge in [-0.25, -0.2) is 0 Å². The molecule has 1 fully saturated rings. The summed E-state index contributed by atoms with van der Waals surface area (Å²) < 4.78 is 5.38. The van der Waals surface area contributed by atoms with E-state index >= 15 is 0 Å². The van der Waals surface area contributed by atoms with Crippen molar-refractivity contribution in [2.45, 2.75) is 59.8 Å². The minimum absolute atomic E-state index is 0.330. The molecule has 114 valence electrons. The molecule has 4 heteroatoms. The van der Waals surface area contributed by atoms with E-state index in [0.29, 0.717) is 11.9 Å². The molecule has 1 unspecified atom stereocenters. The van der Waals surface area contributed by atoms with Crippen molar-refractivity contribution in [3.8, 4) is 0 Å². The van der Waals surface area contributed by atoms with E-state index in [4.69, 9.17) is 4.52 Å². The molecule has 4 nitrogen and oxygen atoms in total. The molecule has 1 aliphatic rings. The SMILES string of the molecule is CC(C)c1noc(N2CCC(CC(C)C(C)C)CC2)n1. The largest absolute Gasteiger partial charge is 0.324 e. The maximum atomic E-state index is 5.38. The molecule has 20 heavy (non-hydrogen) atoms. The topological polar surface area (TPSA) is 42.2 Å². The quantitative estimate of drug-likeness (QED) is 0.814. The van der Waals surface area contributed by atoms with E-state index in [2.05, 4.69) is 49.7 Å². The molecule has 0 radical (unpaired) electrons. The lowest BCUT2D eigenvalue weighted by molar-refractivity contribution is 0.275. The molecule has 1 aromatic heterocycles. The first-order valence-electron chi connectivity index (χ1n) is 8.06. The first-order chi connectivity index (χ1) is 9.47. The second-order valence-electron chi connectivity index (χ2n) is 6.98. The standard InChI is InChI=1S/C16H29N3O/c1-11(2)13(5)10-14-6-8-19(9-7-14)16-17-15(12(3)4)18-20-16/h11-14H,6-10H2,1-5H3. The van der Waals surface area contributed by atoms with Gasteiger partial charge in [0.2, 0.25) is 0 Å². The average Bonchev–Trinajstić information content (AvgIpc) is 2.89. The fourth-order valence-electron chi connectivity index (χ4n) is 2.75. The molecule has 2 rings (SSSR count). The van der Waals surface area contributed by atoms with Crippen LogP contribution in [0, 0.1) is 17.8 Å². The number of hydrogen-bond acceptors (Lipinski definition) is 4. The number of rotatable bonds is 5. The van der Waals surface area contributed by atoms with E-state index in [0.717, 1.165) is 36.7 Å². The van der Waals surface area contributed by atoms with Crippen LogP contribution in [0.2, 0.25) is 0 Å². The lowest BCUT2D eigenvalue weighted by Crippen LogP contribution is -2.34. The molecule has 0 bridgehead atoms. The Morgan fingerprint density at radius 1 is 1.15 bits per heavy atom. The summed E-state index contributed by atoms with van der Waals surface area (Å²) in [7, 11) is 0. The Kier molecular flexibility index (Phi) is 5.06. The van der Waals surface area contributed by atoms with Crippen LogP contribution in [0.15, 0.2) is 4.52 Å². The van der Waals surface area contributed by atoms with Gasteiger partial charge in [-0.15, -0.1) is 0 Å². The van der Waals surface area contributed by atoms with Crippen LogP contribution in [0.3, 0.4) is 0 Å². The highest BCUT2D eigenvalue weighted by molar-refractivity contribution is 5.26. The summed E-state index contributed by atoms with van der Waals surface area (Å²) in [6.45, 7) is 13.3. The van der Waals surface area contributed by atoms with Gasteiger partial charge in [-0.05, 0) is 37.0 Å². The maximum Gasteiger partial charge on any atom is 0.324 e. The van der Waals surface area contributed by atoms with E-state index in [1.807, 2.05) is 0 Å². The summed E-state index contributed by atoms with van der Waals surface area (Å²) in [4.78, 5) is 6.74. The van der Waals surface area contributed by atoms with Crippen molar-refractivity contribution in [3.05, 3.63) is 5.82 Å². The summed E-state index contributed by atoms with van der Waals surface area (Å²) >= 11 is 0. The van der Waals surface area contributed by atoms with Gasteiger partial charge in [-0.3, -0.25) is 0 Å². The lowest BCUT2D eigenvalue weighted by atomic mass is 9.83. The summed E-state index contributed by atoms with van der Waals surface area (Å²) in [5.41, 5.74) is 0. The fourth-order valence-corrected chi connectivity index (χ4v) is 2.75. The zero-order chi connectivity index (χ0) is 14.7. The third-order valence-electron chi connectivity index (χ3n) is 4.68. The van der Waals surface area contributed by atoms with Crippen LogP contribution >= 0.6 is 0 Å². The van der Waals surface area contributed by atoms with Crippen LogP contribution in [-0.4, -0.2) is 23.2 Å². The van der Waals surface area contributed by atoms with Crippen molar-refractivity contribution in [1.82, 2.24) is 10.1 Å². The van der Waals surface area contributed by atoms with Crippen LogP contribution in [0.1, 0.15) is 65.6 Å². The van der Waals surface area contributed by atoms with Crippen molar-refractivity contribution in [1.29, 1.82) is 0 Å². The van der Waals surface area contributed by atoms with E-state index in [-0.39, 0.29) is 0 Å². The Balaban J connectivity index is 1.84. The first kappa shape index (κ1) is 15.3. The van der Waals surface area contributed by atoms with Gasteiger partial charge in [0.1, 0.15) is 0 Å². The summed E-state index contributed by atoms with van der Waals surface area (Å²) in [6.07, 6.45) is 3.85. The summed E-state index contributed by atoms with van der Waals surface area (Å²) in [5, 5.41) is 4.05. The van der Waals surface area contributed by atoms with Crippen LogP contribution in [0.4, 0.5) is 6.01 Å². The number of anilines is 1. The third kappa shape index (κ3) is 3.74. The maximum absolute atomic E-state index is 5.38. The zero-order valence-electron chi connectivity index (χ0n) is 13.6. The predicted octanol–water partition coefficient (Wildman–Crippen LogP) is 4.09. The van der Waals surface area contributed by atoms with Gasteiger partial charge in [0, 0.05) is 19.0 Å². The van der Waals surface area contributed by atoms with Crippen molar-refractivity contribution < 1.29 is 4.52 Å². The molecule has 0 aliphatic carbocycles. The van der Waals surface area contributed by atoms with Crippen LogP contribution in [0.25, 0.3) is 0 Å². The van der Waals surface area contributed by atoms with E-state index < -0.39 is 0 Å². The van der Waals surface area contributed by atoms with E-state index in [1.165, 1.54) is 19.3 Å². The highest BCUT2D eigenvalue weighted by Gasteiger charge is 2.25. The summed E-state index contributed by atoms with van der Waals surface area (Å²) in [6, 6.07) is 0.712. The van der Waals surface area contributed by atoms with Crippen molar-refractivity contribution >= 4 is 6.01 Å². The second kappa shape index (κ2) is 6.59. The van der Waals surface area contributed by atoms with Crippen LogP contribution in [-0.2, 0) is 0 Å². The number of nitrogens with zero attached hydrogens (tertiary/aromatic N) is 3. The minimum Gasteiger partial charge on any atom is -0.324 e. The Labute approximate surface area is 122 Å². The third-order valence-corrected chi connectivity index (χ3v) is 4.68. The molecule has 0 amide bonds. The Hall–Kier alpha value is -1.06. The molecular weight excluding hydrogens is 250 g/mol. The molecule has 0 N–H and O–H groups in total. The van der Waals surface area contributed by atoms with Gasteiger partial charge < -0.3 is 9.42 Å². The molecule has 0 spiro atoms. The normalized spacial score (nSPS) is 19.1. The smallest absolute Gasteiger partial charge is 0.324 e. The molecule has 1 aliphatic heterocycles. The zero-order valence-corrected chi connectivity index (χ0v) is 13.6. The Morgan fingerprint density at radius 2 is 1.80 bits per heavy atom. The number of aromatic nitrogens is 2. The molecule has 1 saturated heterocycles. The molecular formula is C16H29N3O. The van der Waals surface area contributed by atoms with Gasteiger partial charge in [-0.2, -0.15) is 4.98 Å². The minimum atomic E-state index is 0.330. The lowest BCUT2D eigenvalue weighted by Gasteiger charge is -2.32. The molecule has 2 heterocycles.